The number of halogens is 2. The maximum absolute atomic E-state index is 13.2. The predicted molar refractivity (Wildman–Crippen MR) is 84.2 cm³/mol. The van der Waals surface area contributed by atoms with E-state index >= 15 is 0 Å². The summed E-state index contributed by atoms with van der Waals surface area (Å²) in [5, 5.41) is 0. The maximum atomic E-state index is 13.2. The van der Waals surface area contributed by atoms with Gasteiger partial charge >= 0.3 is 0 Å². The van der Waals surface area contributed by atoms with Gasteiger partial charge in [-0.1, -0.05) is 35.8 Å². The van der Waals surface area contributed by atoms with Crippen molar-refractivity contribution in [3.63, 3.8) is 0 Å². The van der Waals surface area contributed by atoms with Crippen molar-refractivity contribution in [1.82, 2.24) is 4.90 Å². The van der Waals surface area contributed by atoms with E-state index in [9.17, 15) is 4.39 Å². The molecule has 0 fully saturated rings. The highest BCUT2D eigenvalue weighted by molar-refractivity contribution is 9.10. The minimum Gasteiger partial charge on any atom is -0.383 e. The SMILES string of the molecule is COCCN(CC(C)C)C(CN)c1ccc(F)cc1Br. The number of benzene rings is 1. The molecule has 0 aromatic heterocycles. The van der Waals surface area contributed by atoms with Crippen molar-refractivity contribution in [3.8, 4) is 0 Å². The van der Waals surface area contributed by atoms with Crippen molar-refractivity contribution in [1.29, 1.82) is 0 Å². The third-order valence-corrected chi connectivity index (χ3v) is 3.85. The van der Waals surface area contributed by atoms with Crippen molar-refractivity contribution in [3.05, 3.63) is 34.1 Å². The van der Waals surface area contributed by atoms with Crippen LogP contribution in [0.15, 0.2) is 22.7 Å². The summed E-state index contributed by atoms with van der Waals surface area (Å²) in [7, 11) is 1.69. The van der Waals surface area contributed by atoms with E-state index in [1.165, 1.54) is 12.1 Å². The average molecular weight is 347 g/mol. The molecule has 0 heterocycles. The molecule has 0 aliphatic carbocycles. The van der Waals surface area contributed by atoms with Gasteiger partial charge in [0.1, 0.15) is 5.82 Å². The van der Waals surface area contributed by atoms with Crippen LogP contribution in [0.2, 0.25) is 0 Å². The Labute approximate surface area is 129 Å². The molecule has 0 aliphatic heterocycles. The molecule has 114 valence electrons. The third kappa shape index (κ3) is 5.13. The van der Waals surface area contributed by atoms with Crippen LogP contribution in [0.5, 0.6) is 0 Å². The molecule has 5 heteroatoms. The molecule has 1 atom stereocenters. The summed E-state index contributed by atoms with van der Waals surface area (Å²) in [6.45, 7) is 7.22. The van der Waals surface area contributed by atoms with Crippen molar-refractivity contribution in [2.24, 2.45) is 11.7 Å². The lowest BCUT2D eigenvalue weighted by atomic mass is 10.0. The van der Waals surface area contributed by atoms with Gasteiger partial charge in [0.05, 0.1) is 6.61 Å². The molecule has 0 bridgehead atoms. The summed E-state index contributed by atoms with van der Waals surface area (Å²) in [5.41, 5.74) is 6.98. The van der Waals surface area contributed by atoms with E-state index in [0.717, 1.165) is 23.1 Å². The topological polar surface area (TPSA) is 38.5 Å². The summed E-state index contributed by atoms with van der Waals surface area (Å²) in [6.07, 6.45) is 0. The number of hydrogen-bond donors (Lipinski definition) is 1. The minimum absolute atomic E-state index is 0.0579. The largest absolute Gasteiger partial charge is 0.383 e. The van der Waals surface area contributed by atoms with E-state index in [2.05, 4.69) is 34.7 Å². The first kappa shape index (κ1) is 17.6. The summed E-state index contributed by atoms with van der Waals surface area (Å²) in [6, 6.07) is 4.83. The van der Waals surface area contributed by atoms with E-state index < -0.39 is 0 Å². The van der Waals surface area contributed by atoms with E-state index in [1.54, 1.807) is 13.2 Å². The lowest BCUT2D eigenvalue weighted by molar-refractivity contribution is 0.111. The number of rotatable bonds is 8. The summed E-state index contributed by atoms with van der Waals surface area (Å²) >= 11 is 3.44. The molecule has 3 nitrogen and oxygen atoms in total. The molecular weight excluding hydrogens is 323 g/mol. The van der Waals surface area contributed by atoms with Gasteiger partial charge in [0.25, 0.3) is 0 Å². The van der Waals surface area contributed by atoms with Crippen LogP contribution in [0.25, 0.3) is 0 Å². The second kappa shape index (κ2) is 8.72. The fourth-order valence-electron chi connectivity index (χ4n) is 2.30. The number of ether oxygens (including phenoxy) is 1. The third-order valence-electron chi connectivity index (χ3n) is 3.17. The zero-order valence-electron chi connectivity index (χ0n) is 12.4. The molecule has 1 rings (SSSR count). The van der Waals surface area contributed by atoms with Crippen molar-refractivity contribution in [2.75, 3.05) is 33.4 Å². The quantitative estimate of drug-likeness (QED) is 0.785. The summed E-state index contributed by atoms with van der Waals surface area (Å²) < 4.78 is 19.2. The standard InChI is InChI=1S/C15H24BrFN2O/c1-11(2)10-19(6-7-20-3)15(9-18)13-5-4-12(17)8-14(13)16/h4-5,8,11,15H,6-7,9-10,18H2,1-3H3. The fraction of sp³-hybridized carbons (Fsp3) is 0.600. The Morgan fingerprint density at radius 2 is 2.10 bits per heavy atom. The van der Waals surface area contributed by atoms with Gasteiger partial charge < -0.3 is 10.5 Å². The lowest BCUT2D eigenvalue weighted by Gasteiger charge is -2.33. The molecule has 0 saturated carbocycles. The number of nitrogens with two attached hydrogens (primary N) is 1. The fourth-order valence-corrected chi connectivity index (χ4v) is 2.91. The molecule has 20 heavy (non-hydrogen) atoms. The Bertz CT molecular complexity index is 415. The first-order valence-corrected chi connectivity index (χ1v) is 7.66. The van der Waals surface area contributed by atoms with Gasteiger partial charge in [0, 0.05) is 37.3 Å². The molecule has 0 saturated heterocycles. The summed E-state index contributed by atoms with van der Waals surface area (Å²) in [4.78, 5) is 2.30. The van der Waals surface area contributed by atoms with Crippen LogP contribution in [0.3, 0.4) is 0 Å². The first-order chi connectivity index (χ1) is 9.49. The molecule has 1 aromatic carbocycles. The Hall–Kier alpha value is -0.490. The highest BCUT2D eigenvalue weighted by Gasteiger charge is 2.22. The van der Waals surface area contributed by atoms with E-state index in [-0.39, 0.29) is 11.9 Å². The maximum Gasteiger partial charge on any atom is 0.124 e. The Kier molecular flexibility index (Phi) is 7.66. The molecule has 1 unspecified atom stereocenters. The lowest BCUT2D eigenvalue weighted by Crippen LogP contribution is -2.38. The van der Waals surface area contributed by atoms with Crippen LogP contribution in [0.4, 0.5) is 4.39 Å². The molecule has 0 aliphatic rings. The minimum atomic E-state index is -0.247. The van der Waals surface area contributed by atoms with Crippen LogP contribution in [0.1, 0.15) is 25.5 Å². The normalized spacial score (nSPS) is 13.2. The first-order valence-electron chi connectivity index (χ1n) is 6.87. The Balaban J connectivity index is 2.98. The van der Waals surface area contributed by atoms with Crippen LogP contribution in [0, 0.1) is 11.7 Å². The number of nitrogens with zero attached hydrogens (tertiary/aromatic N) is 1. The molecule has 1 aromatic rings. The van der Waals surface area contributed by atoms with Crippen LogP contribution >= 0.6 is 15.9 Å². The predicted octanol–water partition coefficient (Wildman–Crippen LogP) is 3.19. The average Bonchev–Trinajstić information content (AvgIpc) is 2.38. The van der Waals surface area contributed by atoms with Gasteiger partial charge in [-0.05, 0) is 23.6 Å². The molecule has 0 radical (unpaired) electrons. The van der Waals surface area contributed by atoms with E-state index in [1.807, 2.05) is 0 Å². The van der Waals surface area contributed by atoms with E-state index in [4.69, 9.17) is 10.5 Å². The van der Waals surface area contributed by atoms with Gasteiger partial charge in [-0.2, -0.15) is 0 Å². The number of hydrogen-bond acceptors (Lipinski definition) is 3. The van der Waals surface area contributed by atoms with Gasteiger partial charge in [-0.15, -0.1) is 0 Å². The zero-order chi connectivity index (χ0) is 15.1. The molecule has 0 spiro atoms. The number of methoxy groups -OCH3 is 1. The van der Waals surface area contributed by atoms with Gasteiger partial charge in [0.15, 0.2) is 0 Å². The van der Waals surface area contributed by atoms with Gasteiger partial charge in [-0.25, -0.2) is 4.39 Å². The monoisotopic (exact) mass is 346 g/mol. The molecule has 2 N–H and O–H groups in total. The van der Waals surface area contributed by atoms with Crippen molar-refractivity contribution in [2.45, 2.75) is 19.9 Å². The second-order valence-corrected chi connectivity index (χ2v) is 6.15. The van der Waals surface area contributed by atoms with Gasteiger partial charge in [-0.3, -0.25) is 4.90 Å². The Morgan fingerprint density at radius 3 is 2.60 bits per heavy atom. The highest BCUT2D eigenvalue weighted by atomic mass is 79.9. The molecule has 0 amide bonds. The van der Waals surface area contributed by atoms with E-state index in [0.29, 0.717) is 19.1 Å². The molecular formula is C15H24BrFN2O. The Morgan fingerprint density at radius 1 is 1.40 bits per heavy atom. The van der Waals surface area contributed by atoms with Gasteiger partial charge in [0.2, 0.25) is 0 Å². The summed E-state index contributed by atoms with van der Waals surface area (Å²) in [5.74, 6) is 0.281. The van der Waals surface area contributed by atoms with Crippen molar-refractivity contribution < 1.29 is 9.13 Å². The zero-order valence-corrected chi connectivity index (χ0v) is 14.0. The smallest absolute Gasteiger partial charge is 0.124 e. The van der Waals surface area contributed by atoms with Crippen LogP contribution in [-0.4, -0.2) is 38.3 Å². The highest BCUT2D eigenvalue weighted by Crippen LogP contribution is 2.28. The van der Waals surface area contributed by atoms with Crippen molar-refractivity contribution >= 4 is 15.9 Å². The van der Waals surface area contributed by atoms with Crippen LogP contribution in [-0.2, 0) is 4.74 Å². The van der Waals surface area contributed by atoms with Crippen LogP contribution < -0.4 is 5.73 Å². The second-order valence-electron chi connectivity index (χ2n) is 5.30.